The predicted molar refractivity (Wildman–Crippen MR) is 60.8 cm³/mol. The van der Waals surface area contributed by atoms with Gasteiger partial charge in [0.1, 0.15) is 0 Å². The van der Waals surface area contributed by atoms with Crippen LogP contribution in [0, 0.1) is 6.92 Å². The molecule has 0 unspecified atom stereocenters. The summed E-state index contributed by atoms with van der Waals surface area (Å²) in [5.74, 6) is -0.332. The number of rotatable bonds is 4. The van der Waals surface area contributed by atoms with Crippen molar-refractivity contribution in [1.82, 2.24) is 0 Å². The fourth-order valence-corrected chi connectivity index (χ4v) is 1.25. The van der Waals surface area contributed by atoms with Gasteiger partial charge in [0.25, 0.3) is 0 Å². The van der Waals surface area contributed by atoms with Crippen LogP contribution in [0.25, 0.3) is 0 Å². The van der Waals surface area contributed by atoms with Gasteiger partial charge in [-0.05, 0) is 31.0 Å². The van der Waals surface area contributed by atoms with E-state index in [-0.39, 0.29) is 5.97 Å². The first-order valence-corrected chi connectivity index (χ1v) is 5.18. The number of nitrogen functional groups attached to an aromatic ring is 1. The molecule has 1 rings (SSSR count). The Bertz CT molecular complexity index is 347. The molecule has 0 radical (unpaired) electrons. The van der Waals surface area contributed by atoms with Crippen LogP contribution in [0.5, 0.6) is 0 Å². The molecule has 0 aliphatic heterocycles. The molecule has 0 amide bonds. The Morgan fingerprint density at radius 1 is 1.47 bits per heavy atom. The summed E-state index contributed by atoms with van der Waals surface area (Å²) in [6.45, 7) is 4.44. The molecule has 0 bridgehead atoms. The zero-order chi connectivity index (χ0) is 11.3. The van der Waals surface area contributed by atoms with E-state index in [9.17, 15) is 4.79 Å². The number of hydrogen-bond acceptors (Lipinski definition) is 3. The van der Waals surface area contributed by atoms with Crippen LogP contribution in [-0.2, 0) is 4.74 Å². The lowest BCUT2D eigenvalue weighted by atomic mass is 10.1. The van der Waals surface area contributed by atoms with Gasteiger partial charge >= 0.3 is 5.97 Å². The number of aryl methyl sites for hydroxylation is 1. The van der Waals surface area contributed by atoms with Crippen molar-refractivity contribution in [3.05, 3.63) is 29.3 Å². The van der Waals surface area contributed by atoms with Crippen LogP contribution in [0.2, 0.25) is 0 Å². The largest absolute Gasteiger partial charge is 0.462 e. The topological polar surface area (TPSA) is 52.3 Å². The van der Waals surface area contributed by atoms with Crippen LogP contribution in [-0.4, -0.2) is 12.6 Å². The summed E-state index contributed by atoms with van der Waals surface area (Å²) in [7, 11) is 0. The quantitative estimate of drug-likeness (QED) is 0.469. The summed E-state index contributed by atoms with van der Waals surface area (Å²) in [5, 5.41) is 0. The van der Waals surface area contributed by atoms with E-state index in [1.54, 1.807) is 12.1 Å². The summed E-state index contributed by atoms with van der Waals surface area (Å²) in [4.78, 5) is 11.5. The molecule has 0 saturated carbocycles. The first-order valence-electron chi connectivity index (χ1n) is 5.18. The van der Waals surface area contributed by atoms with E-state index in [4.69, 9.17) is 10.5 Å². The highest BCUT2D eigenvalue weighted by Gasteiger charge is 2.10. The number of benzene rings is 1. The van der Waals surface area contributed by atoms with Gasteiger partial charge in [-0.25, -0.2) is 4.79 Å². The number of unbranched alkanes of at least 4 members (excludes halogenated alkanes) is 1. The lowest BCUT2D eigenvalue weighted by Gasteiger charge is -2.06. The maximum atomic E-state index is 11.5. The third kappa shape index (κ3) is 3.27. The molecule has 3 nitrogen and oxygen atoms in total. The molecule has 0 aliphatic rings. The molecule has 3 heteroatoms. The van der Waals surface area contributed by atoms with E-state index in [0.29, 0.717) is 17.9 Å². The van der Waals surface area contributed by atoms with Gasteiger partial charge in [0.2, 0.25) is 0 Å². The minimum Gasteiger partial charge on any atom is -0.462 e. The van der Waals surface area contributed by atoms with E-state index in [1.165, 1.54) is 0 Å². The van der Waals surface area contributed by atoms with E-state index in [0.717, 1.165) is 18.4 Å². The zero-order valence-corrected chi connectivity index (χ0v) is 9.25. The van der Waals surface area contributed by atoms with Crippen molar-refractivity contribution in [1.29, 1.82) is 0 Å². The Labute approximate surface area is 90.2 Å². The molecule has 1 aromatic carbocycles. The Morgan fingerprint density at radius 3 is 2.80 bits per heavy atom. The molecule has 2 N–H and O–H groups in total. The van der Waals surface area contributed by atoms with Crippen LogP contribution in [0.1, 0.15) is 35.7 Å². The Kier molecular flexibility index (Phi) is 4.16. The molecule has 0 atom stereocenters. The first kappa shape index (κ1) is 11.6. The molecular weight excluding hydrogens is 190 g/mol. The number of nitrogens with two attached hydrogens (primary N) is 1. The normalized spacial score (nSPS) is 10.0. The van der Waals surface area contributed by atoms with Crippen molar-refractivity contribution in [3.8, 4) is 0 Å². The molecule has 0 spiro atoms. The van der Waals surface area contributed by atoms with Crippen LogP contribution in [0.4, 0.5) is 5.69 Å². The second-order valence-corrected chi connectivity index (χ2v) is 3.58. The standard InChI is InChI=1S/C12H17NO2/c1-3-4-7-15-12(14)10-6-5-9(2)8-11(10)13/h5-6,8H,3-4,7,13H2,1-2H3. The van der Waals surface area contributed by atoms with Crippen LogP contribution < -0.4 is 5.73 Å². The molecule has 82 valence electrons. The van der Waals surface area contributed by atoms with Crippen molar-refractivity contribution in [2.75, 3.05) is 12.3 Å². The highest BCUT2D eigenvalue weighted by Crippen LogP contribution is 2.14. The van der Waals surface area contributed by atoms with Gasteiger partial charge in [-0.1, -0.05) is 19.4 Å². The number of ether oxygens (including phenoxy) is 1. The number of carbonyl (C=O) groups is 1. The van der Waals surface area contributed by atoms with Crippen molar-refractivity contribution < 1.29 is 9.53 Å². The molecule has 0 aliphatic carbocycles. The minimum atomic E-state index is -0.332. The van der Waals surface area contributed by atoms with Crippen molar-refractivity contribution in [2.24, 2.45) is 0 Å². The third-order valence-electron chi connectivity index (χ3n) is 2.16. The van der Waals surface area contributed by atoms with Crippen molar-refractivity contribution in [2.45, 2.75) is 26.7 Å². The predicted octanol–water partition coefficient (Wildman–Crippen LogP) is 2.53. The second kappa shape index (κ2) is 5.39. The molecule has 1 aromatic rings. The Morgan fingerprint density at radius 2 is 2.20 bits per heavy atom. The van der Waals surface area contributed by atoms with Crippen LogP contribution in [0.15, 0.2) is 18.2 Å². The van der Waals surface area contributed by atoms with Gasteiger partial charge in [0.05, 0.1) is 12.2 Å². The Hall–Kier alpha value is -1.51. The number of anilines is 1. The minimum absolute atomic E-state index is 0.332. The van der Waals surface area contributed by atoms with Gasteiger partial charge in [-0.3, -0.25) is 0 Å². The molecule has 0 fully saturated rings. The molecule has 0 saturated heterocycles. The summed E-state index contributed by atoms with van der Waals surface area (Å²) in [6.07, 6.45) is 1.90. The highest BCUT2D eigenvalue weighted by molar-refractivity contribution is 5.95. The zero-order valence-electron chi connectivity index (χ0n) is 9.25. The SMILES string of the molecule is CCCCOC(=O)c1ccc(C)cc1N. The summed E-state index contributed by atoms with van der Waals surface area (Å²) < 4.78 is 5.07. The average Bonchev–Trinajstić information content (AvgIpc) is 2.17. The lowest BCUT2D eigenvalue weighted by Crippen LogP contribution is -2.09. The van der Waals surface area contributed by atoms with Gasteiger partial charge in [-0.15, -0.1) is 0 Å². The summed E-state index contributed by atoms with van der Waals surface area (Å²) >= 11 is 0. The number of hydrogen-bond donors (Lipinski definition) is 1. The van der Waals surface area contributed by atoms with Gasteiger partial charge in [-0.2, -0.15) is 0 Å². The van der Waals surface area contributed by atoms with E-state index in [1.807, 2.05) is 19.9 Å². The van der Waals surface area contributed by atoms with Crippen molar-refractivity contribution >= 4 is 11.7 Å². The fraction of sp³-hybridized carbons (Fsp3) is 0.417. The van der Waals surface area contributed by atoms with E-state index in [2.05, 4.69) is 0 Å². The smallest absolute Gasteiger partial charge is 0.340 e. The summed E-state index contributed by atoms with van der Waals surface area (Å²) in [5.41, 5.74) is 7.70. The molecular formula is C12H17NO2. The highest BCUT2D eigenvalue weighted by atomic mass is 16.5. The number of carbonyl (C=O) groups excluding carboxylic acids is 1. The van der Waals surface area contributed by atoms with E-state index < -0.39 is 0 Å². The lowest BCUT2D eigenvalue weighted by molar-refractivity contribution is 0.0501. The second-order valence-electron chi connectivity index (χ2n) is 3.58. The average molecular weight is 207 g/mol. The third-order valence-corrected chi connectivity index (χ3v) is 2.16. The van der Waals surface area contributed by atoms with Crippen LogP contribution in [0.3, 0.4) is 0 Å². The maximum Gasteiger partial charge on any atom is 0.340 e. The Balaban J connectivity index is 2.65. The van der Waals surface area contributed by atoms with Gasteiger partial charge in [0, 0.05) is 5.69 Å². The van der Waals surface area contributed by atoms with Crippen molar-refractivity contribution in [3.63, 3.8) is 0 Å². The molecule has 15 heavy (non-hydrogen) atoms. The van der Waals surface area contributed by atoms with Crippen LogP contribution >= 0.6 is 0 Å². The number of esters is 1. The maximum absolute atomic E-state index is 11.5. The van der Waals surface area contributed by atoms with Gasteiger partial charge in [0.15, 0.2) is 0 Å². The summed E-state index contributed by atoms with van der Waals surface area (Å²) in [6, 6.07) is 5.34. The first-order chi connectivity index (χ1) is 7.15. The fourth-order valence-electron chi connectivity index (χ4n) is 1.25. The van der Waals surface area contributed by atoms with E-state index >= 15 is 0 Å². The molecule has 0 heterocycles. The monoisotopic (exact) mass is 207 g/mol. The molecule has 0 aromatic heterocycles. The van der Waals surface area contributed by atoms with Gasteiger partial charge < -0.3 is 10.5 Å².